The first-order valence-electron chi connectivity index (χ1n) is 5.52. The van der Waals surface area contributed by atoms with Gasteiger partial charge in [0.15, 0.2) is 6.10 Å². The molecule has 1 fully saturated rings. The molecule has 1 heterocycles. The fourth-order valence-electron chi connectivity index (χ4n) is 1.80. The molecule has 5 heteroatoms. The van der Waals surface area contributed by atoms with Crippen LogP contribution in [-0.4, -0.2) is 30.4 Å². The first kappa shape index (κ1) is 13.0. The van der Waals surface area contributed by atoms with E-state index in [-0.39, 0.29) is 12.1 Å². The molecule has 0 aromatic heterocycles. The van der Waals surface area contributed by atoms with Gasteiger partial charge in [-0.05, 0) is 6.42 Å². The Hall–Kier alpha value is -1.10. The Bertz CT molecular complexity index is 239. The Morgan fingerprint density at radius 2 is 1.88 bits per heavy atom. The summed E-state index contributed by atoms with van der Waals surface area (Å²) in [6, 6.07) is 0. The van der Waals surface area contributed by atoms with Crippen LogP contribution in [0.15, 0.2) is 0 Å². The molecule has 0 N–H and O–H groups in total. The molecule has 0 aliphatic carbocycles. The van der Waals surface area contributed by atoms with Crippen LogP contribution in [-0.2, 0) is 23.8 Å². The third-order valence-electron chi connectivity index (χ3n) is 2.34. The average Bonchev–Trinajstić information content (AvgIpc) is 2.46. The van der Waals surface area contributed by atoms with Crippen molar-refractivity contribution in [1.29, 1.82) is 0 Å². The van der Waals surface area contributed by atoms with Crippen molar-refractivity contribution < 1.29 is 23.8 Å². The molecule has 0 radical (unpaired) electrons. The highest BCUT2D eigenvalue weighted by Crippen LogP contribution is 2.27. The molecule has 1 unspecified atom stereocenters. The predicted octanol–water partition coefficient (Wildman–Crippen LogP) is 1.40. The van der Waals surface area contributed by atoms with Crippen molar-refractivity contribution in [1.82, 2.24) is 0 Å². The van der Waals surface area contributed by atoms with Gasteiger partial charge in [-0.3, -0.25) is 9.59 Å². The molecular weight excluding hydrogens is 212 g/mol. The molecule has 0 amide bonds. The summed E-state index contributed by atoms with van der Waals surface area (Å²) in [6.45, 7) is 4.68. The molecule has 1 aliphatic rings. The van der Waals surface area contributed by atoms with Crippen molar-refractivity contribution in [2.45, 2.75) is 58.5 Å². The molecule has 1 rings (SSSR count). The van der Waals surface area contributed by atoms with E-state index in [1.807, 2.05) is 6.92 Å². The van der Waals surface area contributed by atoms with Gasteiger partial charge in [0.05, 0.1) is 6.10 Å². The minimum absolute atomic E-state index is 0.00120. The maximum absolute atomic E-state index is 10.9. The number of ether oxygens (including phenoxy) is 3. The van der Waals surface area contributed by atoms with Gasteiger partial charge in [-0.25, -0.2) is 0 Å². The highest BCUT2D eigenvalue weighted by molar-refractivity contribution is 5.67. The topological polar surface area (TPSA) is 61.8 Å². The van der Waals surface area contributed by atoms with E-state index < -0.39 is 18.4 Å². The van der Waals surface area contributed by atoms with Crippen LogP contribution < -0.4 is 0 Å². The molecule has 0 bridgehead atoms. The lowest BCUT2D eigenvalue weighted by molar-refractivity contribution is -0.194. The maximum Gasteiger partial charge on any atom is 0.305 e. The lowest BCUT2D eigenvalue weighted by Crippen LogP contribution is -2.30. The monoisotopic (exact) mass is 230 g/mol. The summed E-state index contributed by atoms with van der Waals surface area (Å²) in [5.41, 5.74) is 0. The lowest BCUT2D eigenvalue weighted by atomic mass is 10.1. The minimum Gasteiger partial charge on any atom is -0.456 e. The zero-order chi connectivity index (χ0) is 12.1. The van der Waals surface area contributed by atoms with Gasteiger partial charge in [-0.15, -0.1) is 0 Å². The SMILES string of the molecule is CCC[C@@H]1C[C@@H](OC(C)=O)C(OC(C)=O)O1. The van der Waals surface area contributed by atoms with E-state index in [4.69, 9.17) is 14.2 Å². The third-order valence-corrected chi connectivity index (χ3v) is 2.34. The fourth-order valence-corrected chi connectivity index (χ4v) is 1.80. The van der Waals surface area contributed by atoms with Crippen molar-refractivity contribution in [3.8, 4) is 0 Å². The average molecular weight is 230 g/mol. The van der Waals surface area contributed by atoms with Crippen LogP contribution in [0.3, 0.4) is 0 Å². The van der Waals surface area contributed by atoms with Crippen molar-refractivity contribution >= 4 is 11.9 Å². The second kappa shape index (κ2) is 5.84. The lowest BCUT2D eigenvalue weighted by Gasteiger charge is -2.17. The first-order valence-corrected chi connectivity index (χ1v) is 5.52. The van der Waals surface area contributed by atoms with E-state index in [0.29, 0.717) is 6.42 Å². The van der Waals surface area contributed by atoms with E-state index in [2.05, 4.69) is 0 Å². The van der Waals surface area contributed by atoms with Gasteiger partial charge in [-0.1, -0.05) is 13.3 Å². The Morgan fingerprint density at radius 1 is 1.25 bits per heavy atom. The molecule has 92 valence electrons. The summed E-state index contributed by atoms with van der Waals surface area (Å²) in [5, 5.41) is 0. The number of esters is 2. The summed E-state index contributed by atoms with van der Waals surface area (Å²) < 4.78 is 15.5. The van der Waals surface area contributed by atoms with E-state index in [1.54, 1.807) is 0 Å². The highest BCUT2D eigenvalue weighted by atomic mass is 16.7. The van der Waals surface area contributed by atoms with Gasteiger partial charge in [0.25, 0.3) is 0 Å². The van der Waals surface area contributed by atoms with Crippen LogP contribution in [0, 0.1) is 0 Å². The standard InChI is InChI=1S/C11H18O5/c1-4-5-9-6-10(14-7(2)12)11(16-9)15-8(3)13/h9-11H,4-6H2,1-3H3/t9-,10-,11?/m1/s1. The van der Waals surface area contributed by atoms with Crippen LogP contribution in [0.5, 0.6) is 0 Å². The molecule has 0 aromatic carbocycles. The predicted molar refractivity (Wildman–Crippen MR) is 55.5 cm³/mol. The number of hydrogen-bond acceptors (Lipinski definition) is 5. The minimum atomic E-state index is -0.752. The number of carbonyl (C=O) groups excluding carboxylic acids is 2. The second-order valence-corrected chi connectivity index (χ2v) is 3.91. The van der Waals surface area contributed by atoms with E-state index in [1.165, 1.54) is 13.8 Å². The summed E-state index contributed by atoms with van der Waals surface area (Å²) in [5.74, 6) is -0.817. The quantitative estimate of drug-likeness (QED) is 0.683. The Labute approximate surface area is 95.0 Å². The van der Waals surface area contributed by atoms with Crippen LogP contribution >= 0.6 is 0 Å². The Balaban J connectivity index is 2.55. The van der Waals surface area contributed by atoms with Crippen LogP contribution in [0.1, 0.15) is 40.0 Å². The smallest absolute Gasteiger partial charge is 0.305 e. The van der Waals surface area contributed by atoms with E-state index in [0.717, 1.165) is 12.8 Å². The Kier molecular flexibility index (Phi) is 4.73. The number of rotatable bonds is 4. The third kappa shape index (κ3) is 3.81. The summed E-state index contributed by atoms with van der Waals surface area (Å²) >= 11 is 0. The summed E-state index contributed by atoms with van der Waals surface area (Å²) in [4.78, 5) is 21.7. The van der Waals surface area contributed by atoms with Crippen molar-refractivity contribution in [2.75, 3.05) is 0 Å². The molecule has 16 heavy (non-hydrogen) atoms. The van der Waals surface area contributed by atoms with Crippen molar-refractivity contribution in [3.05, 3.63) is 0 Å². The van der Waals surface area contributed by atoms with Crippen LogP contribution in [0.4, 0.5) is 0 Å². The van der Waals surface area contributed by atoms with Crippen molar-refractivity contribution in [2.24, 2.45) is 0 Å². The maximum atomic E-state index is 10.9. The molecular formula is C11H18O5. The van der Waals surface area contributed by atoms with Gasteiger partial charge in [0, 0.05) is 20.3 Å². The molecule has 0 saturated carbocycles. The van der Waals surface area contributed by atoms with Crippen LogP contribution in [0.25, 0.3) is 0 Å². The molecule has 5 nitrogen and oxygen atoms in total. The molecule has 1 saturated heterocycles. The highest BCUT2D eigenvalue weighted by Gasteiger charge is 2.39. The largest absolute Gasteiger partial charge is 0.456 e. The molecule has 3 atom stereocenters. The zero-order valence-electron chi connectivity index (χ0n) is 9.89. The van der Waals surface area contributed by atoms with Gasteiger partial charge >= 0.3 is 11.9 Å². The first-order chi connectivity index (χ1) is 7.52. The van der Waals surface area contributed by atoms with Crippen LogP contribution in [0.2, 0.25) is 0 Å². The Morgan fingerprint density at radius 3 is 2.38 bits per heavy atom. The van der Waals surface area contributed by atoms with E-state index in [9.17, 15) is 9.59 Å². The zero-order valence-corrected chi connectivity index (χ0v) is 9.89. The van der Waals surface area contributed by atoms with Gasteiger partial charge in [0.2, 0.25) is 6.29 Å². The number of hydrogen-bond donors (Lipinski definition) is 0. The van der Waals surface area contributed by atoms with Gasteiger partial charge in [-0.2, -0.15) is 0 Å². The van der Waals surface area contributed by atoms with Crippen molar-refractivity contribution in [3.63, 3.8) is 0 Å². The molecule has 1 aliphatic heterocycles. The fraction of sp³-hybridized carbons (Fsp3) is 0.818. The molecule has 0 aromatic rings. The summed E-state index contributed by atoms with van der Waals surface area (Å²) in [7, 11) is 0. The number of carbonyl (C=O) groups is 2. The second-order valence-electron chi connectivity index (χ2n) is 3.91. The summed E-state index contributed by atoms with van der Waals surface area (Å²) in [6.07, 6.45) is 1.21. The van der Waals surface area contributed by atoms with E-state index >= 15 is 0 Å². The molecule has 0 spiro atoms. The van der Waals surface area contributed by atoms with Gasteiger partial charge < -0.3 is 14.2 Å². The normalized spacial score (nSPS) is 28.8. The van der Waals surface area contributed by atoms with Gasteiger partial charge in [0.1, 0.15) is 0 Å².